The van der Waals surface area contributed by atoms with E-state index in [0.29, 0.717) is 0 Å². The first kappa shape index (κ1) is 12.9. The first-order chi connectivity index (χ1) is 9.19. The molecular weight excluding hydrogens is 306 g/mol. The van der Waals surface area contributed by atoms with Gasteiger partial charge in [0, 0.05) is 4.47 Å². The number of rotatable bonds is 1. The van der Waals surface area contributed by atoms with Crippen molar-refractivity contribution in [2.45, 2.75) is 44.2 Å². The number of hydrazine groups is 1. The Hall–Kier alpha value is -1.07. The lowest BCUT2D eigenvalue weighted by Crippen LogP contribution is -2.50. The molecule has 2 fully saturated rings. The van der Waals surface area contributed by atoms with Crippen LogP contribution in [-0.4, -0.2) is 11.7 Å². The summed E-state index contributed by atoms with van der Waals surface area (Å²) in [7, 11) is 0. The van der Waals surface area contributed by atoms with Crippen molar-refractivity contribution in [3.63, 3.8) is 0 Å². The van der Waals surface area contributed by atoms with E-state index in [9.17, 15) is 4.79 Å². The molecule has 0 radical (unpaired) electrons. The van der Waals surface area contributed by atoms with Crippen LogP contribution in [0, 0.1) is 0 Å². The summed E-state index contributed by atoms with van der Waals surface area (Å²) in [4.78, 5) is 12.2. The SMILES string of the molecule is O=C1NC2(CCCCCC2)NN1c1ccc(Br)cc1. The van der Waals surface area contributed by atoms with Crippen molar-refractivity contribution >= 4 is 27.6 Å². The molecule has 2 aliphatic rings. The molecular formula is C14H18BrN3O. The van der Waals surface area contributed by atoms with Gasteiger partial charge in [-0.25, -0.2) is 15.2 Å². The molecule has 1 saturated carbocycles. The maximum absolute atomic E-state index is 12.2. The number of carbonyl (C=O) groups is 1. The monoisotopic (exact) mass is 323 g/mol. The van der Waals surface area contributed by atoms with Gasteiger partial charge >= 0.3 is 6.03 Å². The molecule has 2 N–H and O–H groups in total. The van der Waals surface area contributed by atoms with Gasteiger partial charge in [0.2, 0.25) is 0 Å². The lowest BCUT2D eigenvalue weighted by molar-refractivity contribution is 0.241. The molecule has 1 aliphatic carbocycles. The fourth-order valence-electron chi connectivity index (χ4n) is 2.89. The molecule has 5 heteroatoms. The molecule has 0 bridgehead atoms. The quantitative estimate of drug-likeness (QED) is 0.830. The lowest BCUT2D eigenvalue weighted by atomic mass is 10.0. The van der Waals surface area contributed by atoms with Gasteiger partial charge in [-0.05, 0) is 49.9 Å². The van der Waals surface area contributed by atoms with Crippen LogP contribution in [0.25, 0.3) is 0 Å². The Labute approximate surface area is 121 Å². The van der Waals surface area contributed by atoms with Crippen molar-refractivity contribution in [3.05, 3.63) is 28.7 Å². The van der Waals surface area contributed by atoms with Crippen molar-refractivity contribution in [1.29, 1.82) is 0 Å². The highest BCUT2D eigenvalue weighted by atomic mass is 79.9. The Kier molecular flexibility index (Phi) is 3.50. The number of hydrogen-bond acceptors (Lipinski definition) is 2. The summed E-state index contributed by atoms with van der Waals surface area (Å²) in [5, 5.41) is 4.77. The Morgan fingerprint density at radius 3 is 2.32 bits per heavy atom. The largest absolute Gasteiger partial charge is 0.338 e. The minimum Gasteiger partial charge on any atom is -0.317 e. The molecule has 1 aliphatic heterocycles. The van der Waals surface area contributed by atoms with Crippen LogP contribution in [0.1, 0.15) is 38.5 Å². The normalized spacial score (nSPS) is 22.4. The minimum absolute atomic E-state index is 0.0516. The number of benzene rings is 1. The summed E-state index contributed by atoms with van der Waals surface area (Å²) in [6.45, 7) is 0. The zero-order chi connectivity index (χ0) is 13.3. The molecule has 4 nitrogen and oxygen atoms in total. The van der Waals surface area contributed by atoms with Gasteiger partial charge < -0.3 is 5.32 Å². The maximum Gasteiger partial charge on any atom is 0.338 e. The number of urea groups is 1. The van der Waals surface area contributed by atoms with Crippen LogP contribution >= 0.6 is 15.9 Å². The zero-order valence-corrected chi connectivity index (χ0v) is 12.4. The fraction of sp³-hybridized carbons (Fsp3) is 0.500. The first-order valence-corrected chi connectivity index (χ1v) is 7.64. The second kappa shape index (κ2) is 5.13. The fourth-order valence-corrected chi connectivity index (χ4v) is 3.16. The summed E-state index contributed by atoms with van der Waals surface area (Å²) < 4.78 is 1.01. The van der Waals surface area contributed by atoms with Gasteiger partial charge in [-0.3, -0.25) is 0 Å². The molecule has 0 atom stereocenters. The van der Waals surface area contributed by atoms with Crippen LogP contribution in [0.3, 0.4) is 0 Å². The van der Waals surface area contributed by atoms with E-state index in [1.54, 1.807) is 5.01 Å². The van der Waals surface area contributed by atoms with Crippen LogP contribution in [0.5, 0.6) is 0 Å². The average Bonchev–Trinajstić information content (AvgIpc) is 2.58. The molecule has 3 rings (SSSR count). The standard InChI is InChI=1S/C14H18BrN3O/c15-11-5-7-12(8-6-11)18-13(19)16-14(17-18)9-3-1-2-4-10-14/h5-8,17H,1-4,9-10H2,(H,16,19). The molecule has 1 heterocycles. The van der Waals surface area contributed by atoms with Crippen LogP contribution in [-0.2, 0) is 0 Å². The molecule has 0 unspecified atom stereocenters. The van der Waals surface area contributed by atoms with E-state index in [1.165, 1.54) is 25.7 Å². The second-order valence-corrected chi connectivity index (χ2v) is 6.27. The van der Waals surface area contributed by atoms with Gasteiger partial charge in [-0.2, -0.15) is 0 Å². The van der Waals surface area contributed by atoms with E-state index in [0.717, 1.165) is 23.0 Å². The van der Waals surface area contributed by atoms with E-state index >= 15 is 0 Å². The Balaban J connectivity index is 1.81. The van der Waals surface area contributed by atoms with Crippen LogP contribution in [0.2, 0.25) is 0 Å². The predicted octanol–water partition coefficient (Wildman–Crippen LogP) is 3.53. The van der Waals surface area contributed by atoms with Gasteiger partial charge in [0.05, 0.1) is 5.69 Å². The highest BCUT2D eigenvalue weighted by Gasteiger charge is 2.42. The molecule has 0 aromatic heterocycles. The Morgan fingerprint density at radius 2 is 1.68 bits per heavy atom. The summed E-state index contributed by atoms with van der Waals surface area (Å²) in [6, 6.07) is 7.72. The smallest absolute Gasteiger partial charge is 0.317 e. The van der Waals surface area contributed by atoms with Crippen LogP contribution in [0.4, 0.5) is 10.5 Å². The third-order valence-electron chi connectivity index (χ3n) is 3.92. The highest BCUT2D eigenvalue weighted by Crippen LogP contribution is 2.30. The number of anilines is 1. The summed E-state index contributed by atoms with van der Waals surface area (Å²) in [5.74, 6) is 0. The van der Waals surface area contributed by atoms with E-state index in [1.807, 2.05) is 24.3 Å². The molecule has 19 heavy (non-hydrogen) atoms. The number of hydrogen-bond donors (Lipinski definition) is 2. The van der Waals surface area contributed by atoms with Crippen LogP contribution < -0.4 is 15.8 Å². The summed E-state index contributed by atoms with van der Waals surface area (Å²) in [5.41, 5.74) is 4.03. The van der Waals surface area contributed by atoms with Gasteiger partial charge in [0.25, 0.3) is 0 Å². The third-order valence-corrected chi connectivity index (χ3v) is 4.45. The summed E-state index contributed by atoms with van der Waals surface area (Å²) >= 11 is 3.41. The number of carbonyl (C=O) groups excluding carboxylic acids is 1. The zero-order valence-electron chi connectivity index (χ0n) is 10.8. The van der Waals surface area contributed by atoms with E-state index in [4.69, 9.17) is 0 Å². The first-order valence-electron chi connectivity index (χ1n) is 6.84. The van der Waals surface area contributed by atoms with E-state index in [2.05, 4.69) is 26.7 Å². The van der Waals surface area contributed by atoms with Gasteiger partial charge in [0.1, 0.15) is 5.66 Å². The molecule has 1 spiro atoms. The lowest BCUT2D eigenvalue weighted by Gasteiger charge is -2.28. The van der Waals surface area contributed by atoms with Crippen LogP contribution in [0.15, 0.2) is 28.7 Å². The van der Waals surface area contributed by atoms with Crippen molar-refractivity contribution in [2.24, 2.45) is 0 Å². The Morgan fingerprint density at radius 1 is 1.05 bits per heavy atom. The van der Waals surface area contributed by atoms with Gasteiger partial charge in [0.15, 0.2) is 0 Å². The van der Waals surface area contributed by atoms with Crippen molar-refractivity contribution < 1.29 is 4.79 Å². The highest BCUT2D eigenvalue weighted by molar-refractivity contribution is 9.10. The number of amides is 2. The van der Waals surface area contributed by atoms with Crippen molar-refractivity contribution in [2.75, 3.05) is 5.01 Å². The van der Waals surface area contributed by atoms with Gasteiger partial charge in [-0.1, -0.05) is 28.8 Å². The van der Waals surface area contributed by atoms with Crippen molar-refractivity contribution in [1.82, 2.24) is 10.7 Å². The summed E-state index contributed by atoms with van der Waals surface area (Å²) in [6.07, 6.45) is 6.87. The topological polar surface area (TPSA) is 44.4 Å². The minimum atomic E-state index is -0.235. The number of nitrogens with one attached hydrogen (secondary N) is 2. The van der Waals surface area contributed by atoms with E-state index in [-0.39, 0.29) is 11.7 Å². The number of nitrogens with zero attached hydrogens (tertiary/aromatic N) is 1. The molecule has 102 valence electrons. The average molecular weight is 324 g/mol. The molecule has 2 amide bonds. The predicted molar refractivity (Wildman–Crippen MR) is 78.7 cm³/mol. The second-order valence-electron chi connectivity index (χ2n) is 5.35. The third kappa shape index (κ3) is 2.62. The van der Waals surface area contributed by atoms with Gasteiger partial charge in [-0.15, -0.1) is 0 Å². The molecule has 1 aromatic rings. The van der Waals surface area contributed by atoms with E-state index < -0.39 is 0 Å². The molecule has 1 saturated heterocycles. The Bertz CT molecular complexity index is 466. The maximum atomic E-state index is 12.2. The number of halogens is 1. The molecule has 1 aromatic carbocycles. The van der Waals surface area contributed by atoms with Crippen molar-refractivity contribution in [3.8, 4) is 0 Å².